The van der Waals surface area contributed by atoms with Crippen LogP contribution in [-0.4, -0.2) is 61.9 Å². The monoisotopic (exact) mass is 349 g/mol. The quantitative estimate of drug-likeness (QED) is 0.343. The minimum atomic E-state index is -1.34. The molecule has 1 aliphatic rings. The molecular weight excluding hydrogens is 315 g/mol. The Balaban J connectivity index is 2.80. The maximum atomic E-state index is 7.18. The van der Waals surface area contributed by atoms with Gasteiger partial charge in [0.05, 0.1) is 21.6 Å². The Morgan fingerprint density at radius 3 is 2.74 bits per heavy atom. The molecule has 0 bridgehead atoms. The summed E-state index contributed by atoms with van der Waals surface area (Å²) < 4.78 is 39.7. The molecule has 0 spiro atoms. The summed E-state index contributed by atoms with van der Waals surface area (Å²) in [4.78, 5) is 3.34. The van der Waals surface area contributed by atoms with Gasteiger partial charge in [0.2, 0.25) is 6.54 Å². The normalized spacial score (nSPS) is 28.7. The van der Waals surface area contributed by atoms with Gasteiger partial charge in [0.15, 0.2) is 0 Å². The van der Waals surface area contributed by atoms with E-state index in [0.717, 1.165) is 0 Å². The number of methoxy groups -OCH3 is 1. The van der Waals surface area contributed by atoms with Crippen LogP contribution in [0.3, 0.4) is 0 Å². The van der Waals surface area contributed by atoms with Gasteiger partial charge in [0.25, 0.3) is 8.53 Å². The fraction of sp³-hybridized carbons (Fsp3) is 0.938. The lowest BCUT2D eigenvalue weighted by Gasteiger charge is -2.37. The maximum absolute atomic E-state index is 7.18. The second kappa shape index (κ2) is 10.6. The van der Waals surface area contributed by atoms with Gasteiger partial charge in [-0.05, 0) is 34.6 Å². The van der Waals surface area contributed by atoms with E-state index in [1.807, 2.05) is 6.92 Å². The molecule has 0 aromatic rings. The van der Waals surface area contributed by atoms with Crippen LogP contribution >= 0.6 is 8.53 Å². The second-order valence-corrected chi connectivity index (χ2v) is 7.62. The van der Waals surface area contributed by atoms with Crippen LogP contribution in [0.4, 0.5) is 0 Å². The minimum Gasteiger partial charge on any atom is -0.382 e. The Morgan fingerprint density at radius 1 is 1.48 bits per heavy atom. The minimum absolute atomic E-state index is 0.0279. The van der Waals surface area contributed by atoms with E-state index in [0.29, 0.717) is 19.6 Å². The van der Waals surface area contributed by atoms with Crippen molar-refractivity contribution in [2.45, 2.75) is 71.4 Å². The van der Waals surface area contributed by atoms with E-state index in [-0.39, 0.29) is 37.0 Å². The summed E-state index contributed by atoms with van der Waals surface area (Å²) in [5.74, 6) is 0. The third-order valence-corrected chi connectivity index (χ3v) is 5.68. The van der Waals surface area contributed by atoms with Crippen molar-refractivity contribution in [1.29, 1.82) is 0 Å². The lowest BCUT2D eigenvalue weighted by atomic mass is 10.1. The number of hydrogen-bond acceptors (Lipinski definition) is 5. The molecule has 1 saturated heterocycles. The molecule has 0 radical (unpaired) electrons. The van der Waals surface area contributed by atoms with E-state index < -0.39 is 15.6 Å². The lowest BCUT2D eigenvalue weighted by molar-refractivity contribution is -0.0261. The molecule has 5 unspecified atom stereocenters. The van der Waals surface area contributed by atoms with Gasteiger partial charge in [0, 0.05) is 25.6 Å². The number of hydrogen-bond donors (Lipinski definition) is 0. The van der Waals surface area contributed by atoms with Gasteiger partial charge in [-0.15, -0.1) is 0 Å². The molecule has 0 saturated carbocycles. The summed E-state index contributed by atoms with van der Waals surface area (Å²) in [6.45, 7) is 18.1. The fourth-order valence-electron chi connectivity index (χ4n) is 2.68. The summed E-state index contributed by atoms with van der Waals surface area (Å²) in [6, 6.07) is 0.471. The molecule has 23 heavy (non-hydrogen) atoms. The van der Waals surface area contributed by atoms with Crippen molar-refractivity contribution in [2.75, 3.05) is 26.8 Å². The van der Waals surface area contributed by atoms with Gasteiger partial charge in [0.1, 0.15) is 12.7 Å². The van der Waals surface area contributed by atoms with E-state index in [1.165, 1.54) is 0 Å². The lowest BCUT2D eigenvalue weighted by Crippen LogP contribution is -2.36. The molecule has 0 amide bonds. The summed E-state index contributed by atoms with van der Waals surface area (Å²) in [7, 11) is -2.67. The molecule has 0 aromatic heterocycles. The average Bonchev–Trinajstić information content (AvgIpc) is 2.84. The Hall–Kier alpha value is -0.280. The van der Waals surface area contributed by atoms with Crippen LogP contribution in [0.5, 0.6) is 0 Å². The second-order valence-electron chi connectivity index (χ2n) is 6.22. The fourth-order valence-corrected chi connectivity index (χ4v) is 4.43. The molecule has 5 atom stereocenters. The van der Waals surface area contributed by atoms with E-state index in [1.54, 1.807) is 0 Å². The number of rotatable bonds is 10. The van der Waals surface area contributed by atoms with Gasteiger partial charge < -0.3 is 23.4 Å². The molecule has 134 valence electrons. The predicted molar refractivity (Wildman–Crippen MR) is 92.2 cm³/mol. The topological polar surface area (TPSA) is 44.5 Å². The first-order valence-electron chi connectivity index (χ1n) is 9.24. The van der Waals surface area contributed by atoms with Crippen LogP contribution in [0.2, 0.25) is 0 Å². The van der Waals surface area contributed by atoms with E-state index >= 15 is 0 Å². The van der Waals surface area contributed by atoms with Crippen LogP contribution in [0.1, 0.15) is 43.8 Å². The van der Waals surface area contributed by atoms with Gasteiger partial charge in [-0.1, -0.05) is 0 Å². The zero-order chi connectivity index (χ0) is 19.0. The summed E-state index contributed by atoms with van der Waals surface area (Å²) in [6.07, 6.45) is 0.209. The Labute approximate surface area is 145 Å². The van der Waals surface area contributed by atoms with Crippen molar-refractivity contribution in [3.8, 4) is 0 Å². The van der Waals surface area contributed by atoms with Crippen molar-refractivity contribution >= 4 is 8.53 Å². The van der Waals surface area contributed by atoms with Crippen LogP contribution in [0.25, 0.3) is 4.85 Å². The third-order valence-electron chi connectivity index (χ3n) is 3.52. The van der Waals surface area contributed by atoms with E-state index in [4.69, 9.17) is 27.8 Å². The molecule has 7 heteroatoms. The van der Waals surface area contributed by atoms with Gasteiger partial charge in [-0.25, -0.2) is 11.2 Å². The molecule has 0 aliphatic carbocycles. The highest BCUT2D eigenvalue weighted by molar-refractivity contribution is 7.44. The zero-order valence-electron chi connectivity index (χ0n) is 16.8. The first kappa shape index (κ1) is 17.5. The SMILES string of the molecule is [2H]C([3H])OCC1OC(C)CC1OP(OCC[N+]#[C-])N(C(C)C)C(C)C. The average molecular weight is 349 g/mol. The molecule has 0 aromatic carbocycles. The molecule has 1 aliphatic heterocycles. The van der Waals surface area contributed by atoms with Crippen LogP contribution in [0, 0.1) is 6.57 Å². The van der Waals surface area contributed by atoms with Crippen molar-refractivity contribution in [2.24, 2.45) is 0 Å². The highest BCUT2D eigenvalue weighted by atomic mass is 31.2. The smallest absolute Gasteiger partial charge is 0.259 e. The van der Waals surface area contributed by atoms with Gasteiger partial charge in [-0.2, -0.15) is 0 Å². The van der Waals surface area contributed by atoms with E-state index in [2.05, 4.69) is 37.2 Å². The van der Waals surface area contributed by atoms with Crippen molar-refractivity contribution < 1.29 is 21.3 Å². The van der Waals surface area contributed by atoms with Crippen molar-refractivity contribution in [1.82, 2.24) is 4.67 Å². The van der Waals surface area contributed by atoms with Crippen LogP contribution < -0.4 is 0 Å². The van der Waals surface area contributed by atoms with E-state index in [9.17, 15) is 0 Å². The highest BCUT2D eigenvalue weighted by Crippen LogP contribution is 2.48. The molecular formula is C16H31N2O4P. The standard InChI is InChI=1S/C16H31N2O4P/c1-12(2)18(13(3)4)23(20-9-8-17-6)22-15-10-14(5)21-16(15)11-19-7/h12-16H,8-11H2,1-5,7H3/i7TD. The molecule has 0 N–H and O–H groups in total. The van der Waals surface area contributed by atoms with Gasteiger partial charge >= 0.3 is 0 Å². The Morgan fingerprint density at radius 2 is 2.17 bits per heavy atom. The maximum Gasteiger partial charge on any atom is 0.259 e. The Bertz CT molecular complexity index is 415. The molecule has 1 heterocycles. The Kier molecular flexibility index (Phi) is 8.05. The first-order valence-corrected chi connectivity index (χ1v) is 9.22. The van der Waals surface area contributed by atoms with Gasteiger partial charge in [-0.3, -0.25) is 0 Å². The summed E-state index contributed by atoms with van der Waals surface area (Å²) in [5.41, 5.74) is 0. The predicted octanol–water partition coefficient (Wildman–Crippen LogP) is 3.48. The number of ether oxygens (including phenoxy) is 2. The molecule has 6 nitrogen and oxygen atoms in total. The van der Waals surface area contributed by atoms with Crippen molar-refractivity contribution in [3.05, 3.63) is 11.4 Å². The molecule has 1 fully saturated rings. The van der Waals surface area contributed by atoms with Crippen molar-refractivity contribution in [3.63, 3.8) is 0 Å². The van der Waals surface area contributed by atoms with Crippen LogP contribution in [-0.2, 0) is 18.5 Å². The zero-order valence-corrected chi connectivity index (χ0v) is 15.7. The van der Waals surface area contributed by atoms with Crippen LogP contribution in [0.15, 0.2) is 0 Å². The largest absolute Gasteiger partial charge is 0.382 e. The first-order chi connectivity index (χ1) is 11.8. The highest BCUT2D eigenvalue weighted by Gasteiger charge is 2.38. The number of nitrogens with zero attached hydrogens (tertiary/aromatic N) is 2. The third kappa shape index (κ3) is 6.62. The molecule has 1 rings (SSSR count). The summed E-state index contributed by atoms with van der Waals surface area (Å²) >= 11 is 0. The summed E-state index contributed by atoms with van der Waals surface area (Å²) in [5, 5.41) is 0.